The summed E-state index contributed by atoms with van der Waals surface area (Å²) in [6.07, 6.45) is 4.54. The third-order valence-corrected chi connectivity index (χ3v) is 8.03. The summed E-state index contributed by atoms with van der Waals surface area (Å²) in [6, 6.07) is 5.35. The molecule has 2 fully saturated rings. The summed E-state index contributed by atoms with van der Waals surface area (Å²) in [5.41, 5.74) is 0. The van der Waals surface area contributed by atoms with Gasteiger partial charge >= 0.3 is 0 Å². The molecule has 1 heterocycles. The second kappa shape index (κ2) is 8.88. The number of carbonyl (C=O) groups is 1. The summed E-state index contributed by atoms with van der Waals surface area (Å²) >= 11 is 0. The molecule has 8 heteroatoms. The third-order valence-electron chi connectivity index (χ3n) is 6.09. The van der Waals surface area contributed by atoms with Crippen LogP contribution >= 0.6 is 0 Å². The molecule has 0 aromatic heterocycles. The van der Waals surface area contributed by atoms with E-state index < -0.39 is 15.8 Å². The van der Waals surface area contributed by atoms with Crippen molar-refractivity contribution in [2.45, 2.75) is 56.5 Å². The number of hydrogen-bond acceptors (Lipinski definition) is 4. The summed E-state index contributed by atoms with van der Waals surface area (Å²) in [5, 5.41) is 3.18. The van der Waals surface area contributed by atoms with Crippen LogP contribution in [0.5, 0.6) is 0 Å². The van der Waals surface area contributed by atoms with Crippen molar-refractivity contribution >= 4 is 15.9 Å². The number of benzene rings is 1. The molecule has 6 nitrogen and oxygen atoms in total. The number of hydrogen-bond donors (Lipinski definition) is 1. The van der Waals surface area contributed by atoms with Gasteiger partial charge in [-0.3, -0.25) is 9.69 Å². The molecule has 1 saturated carbocycles. The van der Waals surface area contributed by atoms with Gasteiger partial charge in [0, 0.05) is 32.2 Å². The highest BCUT2D eigenvalue weighted by atomic mass is 32.2. The lowest BCUT2D eigenvalue weighted by atomic mass is 9.86. The third kappa shape index (κ3) is 4.55. The van der Waals surface area contributed by atoms with Crippen LogP contribution in [0.25, 0.3) is 0 Å². The Bertz CT molecular complexity index is 794. The van der Waals surface area contributed by atoms with E-state index in [1.165, 1.54) is 28.9 Å². The number of carbonyl (C=O) groups excluding carboxylic acids is 1. The van der Waals surface area contributed by atoms with Crippen LogP contribution in [-0.4, -0.2) is 61.8 Å². The van der Waals surface area contributed by atoms with Crippen molar-refractivity contribution in [1.82, 2.24) is 14.5 Å². The molecule has 1 aliphatic carbocycles. The van der Waals surface area contributed by atoms with Crippen LogP contribution in [0.4, 0.5) is 4.39 Å². The molecule has 0 spiro atoms. The predicted molar refractivity (Wildman–Crippen MR) is 106 cm³/mol. The van der Waals surface area contributed by atoms with Crippen LogP contribution in [-0.2, 0) is 14.8 Å². The Morgan fingerprint density at radius 2 is 1.79 bits per heavy atom. The molecule has 1 saturated heterocycles. The Balaban J connectivity index is 1.57. The summed E-state index contributed by atoms with van der Waals surface area (Å²) < 4.78 is 40.6. The maximum Gasteiger partial charge on any atom is 0.246 e. The molecule has 1 N–H and O–H groups in total. The number of rotatable bonds is 5. The first-order valence-electron chi connectivity index (χ1n) is 10.1. The molecule has 3 atom stereocenters. The van der Waals surface area contributed by atoms with Gasteiger partial charge in [-0.1, -0.05) is 31.9 Å². The Kier molecular flexibility index (Phi) is 6.73. The molecule has 1 aliphatic heterocycles. The lowest BCUT2D eigenvalue weighted by Gasteiger charge is -2.38. The molecule has 0 bridgehead atoms. The fraction of sp³-hybridized carbons (Fsp3) is 0.650. The number of sulfonamides is 1. The SMILES string of the molecule is C[C@H](C(=O)N[C@H]1CCCC[C@@H]1C)N1CCN(S(=O)(=O)c2ccccc2F)CC1. The minimum absolute atomic E-state index is 0.00385. The van der Waals surface area contributed by atoms with Gasteiger partial charge in [0.15, 0.2) is 0 Å². The molecular formula is C20H30FN3O3S. The van der Waals surface area contributed by atoms with Gasteiger partial charge in [-0.25, -0.2) is 12.8 Å². The van der Waals surface area contributed by atoms with Crippen molar-refractivity contribution in [3.8, 4) is 0 Å². The Hall–Kier alpha value is -1.51. The van der Waals surface area contributed by atoms with Crippen molar-refractivity contribution in [2.75, 3.05) is 26.2 Å². The smallest absolute Gasteiger partial charge is 0.246 e. The first-order valence-corrected chi connectivity index (χ1v) is 11.5. The fourth-order valence-corrected chi connectivity index (χ4v) is 5.61. The first kappa shape index (κ1) is 21.2. The molecule has 1 aromatic rings. The van der Waals surface area contributed by atoms with Crippen LogP contribution in [0.2, 0.25) is 0 Å². The highest BCUT2D eigenvalue weighted by molar-refractivity contribution is 7.89. The van der Waals surface area contributed by atoms with E-state index >= 15 is 0 Å². The zero-order valence-electron chi connectivity index (χ0n) is 16.6. The van der Waals surface area contributed by atoms with Crippen molar-refractivity contribution in [2.24, 2.45) is 5.92 Å². The van der Waals surface area contributed by atoms with Crippen LogP contribution < -0.4 is 5.32 Å². The Labute approximate surface area is 167 Å². The standard InChI is InChI=1S/C20H30FN3O3S/c1-15-7-3-5-9-18(15)22-20(25)16(2)23-11-13-24(14-12-23)28(26,27)19-10-6-4-8-17(19)21/h4,6,8,10,15-16,18H,3,5,7,9,11-14H2,1-2H3,(H,22,25)/t15-,16+,18-/m0/s1. The zero-order chi connectivity index (χ0) is 20.3. The van der Waals surface area contributed by atoms with Gasteiger partial charge in [0.1, 0.15) is 10.7 Å². The predicted octanol–water partition coefficient (Wildman–Crippen LogP) is 2.22. The highest BCUT2D eigenvalue weighted by Gasteiger charge is 2.34. The number of halogens is 1. The van der Waals surface area contributed by atoms with E-state index in [0.717, 1.165) is 25.3 Å². The van der Waals surface area contributed by atoms with Crippen LogP contribution in [0.3, 0.4) is 0 Å². The van der Waals surface area contributed by atoms with E-state index in [2.05, 4.69) is 12.2 Å². The largest absolute Gasteiger partial charge is 0.352 e. The van der Waals surface area contributed by atoms with Gasteiger partial charge in [0.05, 0.1) is 6.04 Å². The molecule has 0 unspecified atom stereocenters. The van der Waals surface area contributed by atoms with Gasteiger partial charge in [0.2, 0.25) is 15.9 Å². The van der Waals surface area contributed by atoms with Crippen molar-refractivity contribution in [3.63, 3.8) is 0 Å². The lowest BCUT2D eigenvalue weighted by molar-refractivity contribution is -0.127. The van der Waals surface area contributed by atoms with Crippen molar-refractivity contribution in [3.05, 3.63) is 30.1 Å². The van der Waals surface area contributed by atoms with Gasteiger partial charge in [0.25, 0.3) is 0 Å². The molecule has 1 amide bonds. The second-order valence-corrected chi connectivity index (χ2v) is 9.83. The van der Waals surface area contributed by atoms with Crippen molar-refractivity contribution in [1.29, 1.82) is 0 Å². The van der Waals surface area contributed by atoms with E-state index in [4.69, 9.17) is 0 Å². The average Bonchev–Trinajstić information content (AvgIpc) is 2.69. The number of nitrogens with one attached hydrogen (secondary N) is 1. The average molecular weight is 412 g/mol. The Morgan fingerprint density at radius 3 is 2.43 bits per heavy atom. The summed E-state index contributed by atoms with van der Waals surface area (Å²) in [4.78, 5) is 14.4. The fourth-order valence-electron chi connectivity index (χ4n) is 4.12. The lowest BCUT2D eigenvalue weighted by Crippen LogP contribution is -2.56. The molecule has 28 heavy (non-hydrogen) atoms. The molecular weight excluding hydrogens is 381 g/mol. The quantitative estimate of drug-likeness (QED) is 0.807. The minimum Gasteiger partial charge on any atom is -0.352 e. The van der Waals surface area contributed by atoms with Gasteiger partial charge < -0.3 is 5.32 Å². The van der Waals surface area contributed by atoms with Crippen LogP contribution in [0.15, 0.2) is 29.2 Å². The Morgan fingerprint density at radius 1 is 1.14 bits per heavy atom. The molecule has 3 rings (SSSR count). The maximum absolute atomic E-state index is 13.9. The van der Waals surface area contributed by atoms with Gasteiger partial charge in [-0.2, -0.15) is 4.31 Å². The van der Waals surface area contributed by atoms with E-state index in [1.54, 1.807) is 0 Å². The van der Waals surface area contributed by atoms with Crippen LogP contribution in [0, 0.1) is 11.7 Å². The highest BCUT2D eigenvalue weighted by Crippen LogP contribution is 2.24. The molecule has 0 radical (unpaired) electrons. The molecule has 2 aliphatic rings. The first-order chi connectivity index (χ1) is 13.3. The van der Waals surface area contributed by atoms with Gasteiger partial charge in [-0.05, 0) is 37.8 Å². The number of piperazine rings is 1. The number of amides is 1. The zero-order valence-corrected chi connectivity index (χ0v) is 17.4. The second-order valence-electron chi connectivity index (χ2n) is 7.92. The maximum atomic E-state index is 13.9. The minimum atomic E-state index is -3.86. The van der Waals surface area contributed by atoms with Crippen LogP contribution in [0.1, 0.15) is 39.5 Å². The molecule has 1 aromatic carbocycles. The normalized spacial score (nSPS) is 26.0. The van der Waals surface area contributed by atoms with Crippen molar-refractivity contribution < 1.29 is 17.6 Å². The van der Waals surface area contributed by atoms with Gasteiger partial charge in [-0.15, -0.1) is 0 Å². The van der Waals surface area contributed by atoms with E-state index in [0.29, 0.717) is 19.0 Å². The van der Waals surface area contributed by atoms with E-state index in [1.807, 2.05) is 11.8 Å². The number of nitrogens with zero attached hydrogens (tertiary/aromatic N) is 2. The summed E-state index contributed by atoms with van der Waals surface area (Å²) in [7, 11) is -3.86. The monoisotopic (exact) mass is 411 g/mol. The molecule has 156 valence electrons. The topological polar surface area (TPSA) is 69.7 Å². The van der Waals surface area contributed by atoms with E-state index in [9.17, 15) is 17.6 Å². The van der Waals surface area contributed by atoms with E-state index in [-0.39, 0.29) is 36.0 Å². The summed E-state index contributed by atoms with van der Waals surface area (Å²) in [5.74, 6) is -0.240. The summed E-state index contributed by atoms with van der Waals surface area (Å²) in [6.45, 7) is 5.43.